The molecule has 0 unspecified atom stereocenters. The van der Waals surface area contributed by atoms with Gasteiger partial charge in [-0.1, -0.05) is 30.7 Å². The molecule has 3 nitrogen and oxygen atoms in total. The van der Waals surface area contributed by atoms with Crippen LogP contribution < -0.4 is 5.32 Å². The van der Waals surface area contributed by atoms with Crippen LogP contribution in [-0.2, 0) is 6.42 Å². The van der Waals surface area contributed by atoms with Gasteiger partial charge in [-0.15, -0.1) is 11.8 Å². The first-order chi connectivity index (χ1) is 9.63. The summed E-state index contributed by atoms with van der Waals surface area (Å²) in [7, 11) is 0. The average Bonchev–Trinajstić information content (AvgIpc) is 2.47. The van der Waals surface area contributed by atoms with E-state index in [1.165, 1.54) is 0 Å². The molecule has 1 N–H and O–H groups in total. The van der Waals surface area contributed by atoms with Crippen molar-refractivity contribution >= 4 is 35.0 Å². The molecule has 1 aromatic heterocycles. The number of nitrogens with zero attached hydrogens (tertiary/aromatic N) is 1. The van der Waals surface area contributed by atoms with Gasteiger partial charge in [0.05, 0.1) is 5.69 Å². The van der Waals surface area contributed by atoms with E-state index in [1.807, 2.05) is 37.4 Å². The van der Waals surface area contributed by atoms with E-state index in [9.17, 15) is 4.79 Å². The lowest BCUT2D eigenvalue weighted by Gasteiger charge is -2.10. The maximum atomic E-state index is 12.3. The Kier molecular flexibility index (Phi) is 5.04. The molecule has 1 aromatic carbocycles. The third-order valence-corrected chi connectivity index (χ3v) is 3.82. The summed E-state index contributed by atoms with van der Waals surface area (Å²) in [5, 5.41) is 3.25. The van der Waals surface area contributed by atoms with Crippen LogP contribution in [0.15, 0.2) is 41.3 Å². The van der Waals surface area contributed by atoms with Crippen LogP contribution in [0.5, 0.6) is 0 Å². The number of pyridine rings is 1. The zero-order chi connectivity index (χ0) is 14.5. The van der Waals surface area contributed by atoms with Crippen LogP contribution >= 0.6 is 23.4 Å². The second-order valence-electron chi connectivity index (χ2n) is 4.18. The van der Waals surface area contributed by atoms with Crippen LogP contribution in [0.25, 0.3) is 0 Å². The molecule has 0 aliphatic carbocycles. The Bertz CT molecular complexity index is 631. The molecule has 0 saturated carbocycles. The summed E-state index contributed by atoms with van der Waals surface area (Å²) in [6.45, 7) is 1.98. The number of hydrogen-bond acceptors (Lipinski definition) is 3. The minimum atomic E-state index is -0.175. The fraction of sp³-hybridized carbons (Fsp3) is 0.200. The highest BCUT2D eigenvalue weighted by atomic mass is 35.5. The van der Waals surface area contributed by atoms with Gasteiger partial charge in [0, 0.05) is 16.2 Å². The van der Waals surface area contributed by atoms with Gasteiger partial charge >= 0.3 is 0 Å². The van der Waals surface area contributed by atoms with Crippen LogP contribution in [0.4, 0.5) is 5.69 Å². The minimum Gasteiger partial charge on any atom is -0.321 e. The van der Waals surface area contributed by atoms with Gasteiger partial charge in [-0.25, -0.2) is 4.98 Å². The standard InChI is InChI=1S/C15H15ClN2OS/c1-3-11-8-10(9-14(16)17-11)15(19)18-12-6-4-5-7-13(12)20-2/h4-9H,3H2,1-2H3,(H,18,19). The van der Waals surface area contributed by atoms with Crippen molar-refractivity contribution in [1.82, 2.24) is 4.98 Å². The lowest BCUT2D eigenvalue weighted by Crippen LogP contribution is -2.13. The number of benzene rings is 1. The zero-order valence-corrected chi connectivity index (χ0v) is 12.9. The van der Waals surface area contributed by atoms with E-state index in [4.69, 9.17) is 11.6 Å². The van der Waals surface area contributed by atoms with Crippen LogP contribution in [0.3, 0.4) is 0 Å². The summed E-state index contributed by atoms with van der Waals surface area (Å²) >= 11 is 7.53. The summed E-state index contributed by atoms with van der Waals surface area (Å²) in [4.78, 5) is 17.5. The zero-order valence-electron chi connectivity index (χ0n) is 11.3. The van der Waals surface area contributed by atoms with E-state index in [0.717, 1.165) is 22.7 Å². The number of amides is 1. The summed E-state index contributed by atoms with van der Waals surface area (Å²) < 4.78 is 0. The van der Waals surface area contributed by atoms with Gasteiger partial charge in [-0.2, -0.15) is 0 Å². The number of carbonyl (C=O) groups excluding carboxylic acids is 1. The Balaban J connectivity index is 2.26. The number of para-hydroxylation sites is 1. The van der Waals surface area contributed by atoms with E-state index in [2.05, 4.69) is 10.3 Å². The fourth-order valence-electron chi connectivity index (χ4n) is 1.81. The van der Waals surface area contributed by atoms with Gasteiger partial charge in [-0.05, 0) is 36.9 Å². The lowest BCUT2D eigenvalue weighted by molar-refractivity contribution is 0.102. The average molecular weight is 307 g/mol. The summed E-state index contributed by atoms with van der Waals surface area (Å²) in [6.07, 6.45) is 2.71. The molecule has 0 atom stereocenters. The topological polar surface area (TPSA) is 42.0 Å². The molecule has 1 amide bonds. The van der Waals surface area contributed by atoms with Gasteiger partial charge in [0.25, 0.3) is 5.91 Å². The molecule has 0 bridgehead atoms. The molecule has 0 aliphatic heterocycles. The molecule has 2 rings (SSSR count). The number of aryl methyl sites for hydroxylation is 1. The molecule has 0 saturated heterocycles. The Morgan fingerprint density at radius 3 is 2.80 bits per heavy atom. The largest absolute Gasteiger partial charge is 0.321 e. The Morgan fingerprint density at radius 2 is 2.10 bits per heavy atom. The number of carbonyl (C=O) groups is 1. The molecule has 1 heterocycles. The van der Waals surface area contributed by atoms with Crippen LogP contribution in [0, 0.1) is 0 Å². The third-order valence-electron chi connectivity index (χ3n) is 2.83. The van der Waals surface area contributed by atoms with Crippen molar-refractivity contribution in [3.8, 4) is 0 Å². The van der Waals surface area contributed by atoms with Crippen molar-refractivity contribution in [2.45, 2.75) is 18.2 Å². The van der Waals surface area contributed by atoms with Gasteiger partial charge in [0.1, 0.15) is 5.15 Å². The van der Waals surface area contributed by atoms with Crippen LogP contribution in [0.2, 0.25) is 5.15 Å². The molecular weight excluding hydrogens is 292 g/mol. The quantitative estimate of drug-likeness (QED) is 0.677. The van der Waals surface area contributed by atoms with Gasteiger partial charge < -0.3 is 5.32 Å². The first kappa shape index (κ1) is 14.9. The maximum Gasteiger partial charge on any atom is 0.255 e. The molecule has 2 aromatic rings. The van der Waals surface area contributed by atoms with Crippen LogP contribution in [0.1, 0.15) is 23.0 Å². The molecule has 20 heavy (non-hydrogen) atoms. The van der Waals surface area contributed by atoms with Gasteiger partial charge in [-0.3, -0.25) is 4.79 Å². The highest BCUT2D eigenvalue weighted by Crippen LogP contribution is 2.25. The number of thioether (sulfide) groups is 1. The Morgan fingerprint density at radius 1 is 1.35 bits per heavy atom. The van der Waals surface area contributed by atoms with Crippen molar-refractivity contribution in [2.75, 3.05) is 11.6 Å². The number of hydrogen-bond donors (Lipinski definition) is 1. The molecule has 0 radical (unpaired) electrons. The van der Waals surface area contributed by atoms with Crippen LogP contribution in [-0.4, -0.2) is 17.1 Å². The normalized spacial score (nSPS) is 10.3. The molecule has 104 valence electrons. The van der Waals surface area contributed by atoms with Gasteiger partial charge in [0.2, 0.25) is 0 Å². The summed E-state index contributed by atoms with van der Waals surface area (Å²) in [5.74, 6) is -0.175. The van der Waals surface area contributed by atoms with E-state index >= 15 is 0 Å². The van der Waals surface area contributed by atoms with Crippen molar-refractivity contribution in [3.63, 3.8) is 0 Å². The molecule has 0 spiro atoms. The van der Waals surface area contributed by atoms with Crippen molar-refractivity contribution in [2.24, 2.45) is 0 Å². The maximum absolute atomic E-state index is 12.3. The van der Waals surface area contributed by atoms with Crippen molar-refractivity contribution < 1.29 is 4.79 Å². The third kappa shape index (κ3) is 3.52. The molecule has 5 heteroatoms. The Labute approximate surface area is 127 Å². The number of halogens is 1. The molecule has 0 aliphatic rings. The Hall–Kier alpha value is -1.52. The van der Waals surface area contributed by atoms with E-state index in [1.54, 1.807) is 23.9 Å². The summed E-state index contributed by atoms with van der Waals surface area (Å²) in [5.41, 5.74) is 2.13. The second kappa shape index (κ2) is 6.77. The SMILES string of the molecule is CCc1cc(C(=O)Nc2ccccc2SC)cc(Cl)n1. The second-order valence-corrected chi connectivity index (χ2v) is 5.41. The first-order valence-corrected chi connectivity index (χ1v) is 7.85. The number of rotatable bonds is 4. The summed E-state index contributed by atoms with van der Waals surface area (Å²) in [6, 6.07) is 11.0. The monoisotopic (exact) mass is 306 g/mol. The molecular formula is C15H15ClN2OS. The smallest absolute Gasteiger partial charge is 0.255 e. The van der Waals surface area contributed by atoms with E-state index < -0.39 is 0 Å². The molecule has 0 fully saturated rings. The number of anilines is 1. The van der Waals surface area contributed by atoms with Crippen molar-refractivity contribution in [3.05, 3.63) is 52.8 Å². The van der Waals surface area contributed by atoms with Crippen molar-refractivity contribution in [1.29, 1.82) is 0 Å². The van der Waals surface area contributed by atoms with E-state index in [0.29, 0.717) is 10.7 Å². The minimum absolute atomic E-state index is 0.175. The highest BCUT2D eigenvalue weighted by molar-refractivity contribution is 7.98. The predicted molar refractivity (Wildman–Crippen MR) is 84.8 cm³/mol. The number of aromatic nitrogens is 1. The van der Waals surface area contributed by atoms with Gasteiger partial charge in [0.15, 0.2) is 0 Å². The number of nitrogens with one attached hydrogen (secondary N) is 1. The first-order valence-electron chi connectivity index (χ1n) is 6.25. The highest BCUT2D eigenvalue weighted by Gasteiger charge is 2.11. The fourth-order valence-corrected chi connectivity index (χ4v) is 2.59. The predicted octanol–water partition coefficient (Wildman–Crippen LogP) is 4.27. The van der Waals surface area contributed by atoms with E-state index in [-0.39, 0.29) is 5.91 Å². The lowest BCUT2D eigenvalue weighted by atomic mass is 10.2.